The Labute approximate surface area is 173 Å². The Morgan fingerprint density at radius 2 is 1.97 bits per heavy atom. The lowest BCUT2D eigenvalue weighted by Gasteiger charge is -2.21. The molecule has 0 radical (unpaired) electrons. The number of amides is 2. The summed E-state index contributed by atoms with van der Waals surface area (Å²) in [7, 11) is -3.73. The average Bonchev–Trinajstić information content (AvgIpc) is 3.17. The zero-order valence-electron chi connectivity index (χ0n) is 16.6. The van der Waals surface area contributed by atoms with E-state index in [9.17, 15) is 18.0 Å². The maximum atomic E-state index is 13.0. The Morgan fingerprint density at radius 3 is 2.62 bits per heavy atom. The summed E-state index contributed by atoms with van der Waals surface area (Å²) in [5, 5.41) is 6.45. The predicted octanol–water partition coefficient (Wildman–Crippen LogP) is 1.53. The topological polar surface area (TPSA) is 113 Å². The van der Waals surface area contributed by atoms with Crippen LogP contribution in [0, 0.1) is 13.8 Å². The molecule has 1 aliphatic rings. The first-order valence-corrected chi connectivity index (χ1v) is 11.5. The maximum absolute atomic E-state index is 13.0. The highest BCUT2D eigenvalue weighted by atomic mass is 32.2. The summed E-state index contributed by atoms with van der Waals surface area (Å²) in [5.74, 6) is 0.0176. The number of nitrogens with zero attached hydrogens (tertiary/aromatic N) is 3. The summed E-state index contributed by atoms with van der Waals surface area (Å²) in [6.07, 6.45) is 0.540. The molecule has 2 amide bonds. The van der Waals surface area contributed by atoms with Crippen LogP contribution in [0.5, 0.6) is 0 Å². The van der Waals surface area contributed by atoms with E-state index in [1.165, 1.54) is 22.6 Å². The van der Waals surface area contributed by atoms with Crippen molar-refractivity contribution in [2.75, 3.05) is 26.2 Å². The number of thiophene rings is 1. The van der Waals surface area contributed by atoms with Crippen LogP contribution in [0.1, 0.15) is 39.3 Å². The number of hydrogen-bond donors (Lipinski definition) is 1. The van der Waals surface area contributed by atoms with E-state index in [1.807, 2.05) is 6.07 Å². The number of nitrogens with one attached hydrogen (secondary N) is 1. The van der Waals surface area contributed by atoms with Crippen molar-refractivity contribution >= 4 is 33.2 Å². The van der Waals surface area contributed by atoms with Crippen molar-refractivity contribution in [3.05, 3.63) is 33.3 Å². The predicted molar refractivity (Wildman–Crippen MR) is 107 cm³/mol. The van der Waals surface area contributed by atoms with E-state index in [1.54, 1.807) is 24.8 Å². The smallest absolute Gasteiger partial charge is 0.263 e. The lowest BCUT2D eigenvalue weighted by atomic mass is 10.3. The Hall–Kier alpha value is -2.24. The number of aryl methyl sites for hydroxylation is 2. The molecule has 0 unspecified atom stereocenters. The Kier molecular flexibility index (Phi) is 6.39. The molecule has 0 aromatic carbocycles. The molecule has 0 spiro atoms. The summed E-state index contributed by atoms with van der Waals surface area (Å²) >= 11 is 1.33. The molecule has 0 atom stereocenters. The highest BCUT2D eigenvalue weighted by molar-refractivity contribution is 7.89. The standard InChI is InChI=1S/C18H24N4O5S2/c1-12-17(13(2)27-20-12)29(25,26)22-8-4-7-21(9-10-22)18(24)16-6-5-15(28-16)11-19-14(3)23/h5-6H,4,7-11H2,1-3H3,(H,19,23). The molecule has 158 valence electrons. The van der Waals surface area contributed by atoms with E-state index in [0.29, 0.717) is 43.2 Å². The van der Waals surface area contributed by atoms with Gasteiger partial charge in [0.2, 0.25) is 15.9 Å². The number of sulfonamides is 1. The molecule has 0 saturated carbocycles. The van der Waals surface area contributed by atoms with Gasteiger partial charge in [-0.15, -0.1) is 11.3 Å². The minimum Gasteiger partial charge on any atom is -0.360 e. The SMILES string of the molecule is CC(=O)NCc1ccc(C(=O)N2CCCN(S(=O)(=O)c3c(C)noc3C)CC2)s1. The first-order chi connectivity index (χ1) is 13.7. The molecule has 2 aromatic rings. The number of carbonyl (C=O) groups is 2. The largest absolute Gasteiger partial charge is 0.360 e. The maximum Gasteiger partial charge on any atom is 0.263 e. The quantitative estimate of drug-likeness (QED) is 0.754. The summed E-state index contributed by atoms with van der Waals surface area (Å²) < 4.78 is 32.4. The fourth-order valence-electron chi connectivity index (χ4n) is 3.26. The van der Waals surface area contributed by atoms with Crippen molar-refractivity contribution < 1.29 is 22.5 Å². The van der Waals surface area contributed by atoms with E-state index in [4.69, 9.17) is 4.52 Å². The second-order valence-electron chi connectivity index (χ2n) is 6.88. The second kappa shape index (κ2) is 8.64. The zero-order valence-corrected chi connectivity index (χ0v) is 18.2. The molecule has 1 N–H and O–H groups in total. The molecule has 3 rings (SSSR count). The molecule has 29 heavy (non-hydrogen) atoms. The monoisotopic (exact) mass is 440 g/mol. The van der Waals surface area contributed by atoms with Gasteiger partial charge in [0.25, 0.3) is 5.91 Å². The molecule has 1 aliphatic heterocycles. The van der Waals surface area contributed by atoms with Crippen LogP contribution < -0.4 is 5.32 Å². The molecule has 11 heteroatoms. The fraction of sp³-hybridized carbons (Fsp3) is 0.500. The molecular formula is C18H24N4O5S2. The van der Waals surface area contributed by atoms with Gasteiger partial charge >= 0.3 is 0 Å². The van der Waals surface area contributed by atoms with Gasteiger partial charge in [0, 0.05) is 38.0 Å². The van der Waals surface area contributed by atoms with E-state index < -0.39 is 10.0 Å². The average molecular weight is 441 g/mol. The summed E-state index contributed by atoms with van der Waals surface area (Å²) in [4.78, 5) is 27.1. The van der Waals surface area contributed by atoms with Gasteiger partial charge in [-0.3, -0.25) is 9.59 Å². The minimum absolute atomic E-state index is 0.109. The third-order valence-corrected chi connectivity index (χ3v) is 7.91. The molecule has 9 nitrogen and oxygen atoms in total. The van der Waals surface area contributed by atoms with E-state index in [2.05, 4.69) is 10.5 Å². The van der Waals surface area contributed by atoms with Gasteiger partial charge in [0.1, 0.15) is 10.6 Å². The normalized spacial score (nSPS) is 15.9. The highest BCUT2D eigenvalue weighted by Gasteiger charge is 2.33. The van der Waals surface area contributed by atoms with Crippen molar-refractivity contribution in [2.24, 2.45) is 0 Å². The third kappa shape index (κ3) is 4.68. The molecule has 1 fully saturated rings. The molecule has 0 bridgehead atoms. The molecular weight excluding hydrogens is 416 g/mol. The lowest BCUT2D eigenvalue weighted by Crippen LogP contribution is -2.37. The summed E-state index contributed by atoms with van der Waals surface area (Å²) in [6, 6.07) is 3.56. The van der Waals surface area contributed by atoms with Crippen LogP contribution >= 0.6 is 11.3 Å². The van der Waals surface area contributed by atoms with Gasteiger partial charge in [-0.05, 0) is 32.4 Å². The molecule has 1 saturated heterocycles. The van der Waals surface area contributed by atoms with Crippen LogP contribution in [0.25, 0.3) is 0 Å². The molecule has 0 aliphatic carbocycles. The van der Waals surface area contributed by atoms with Crippen molar-refractivity contribution in [1.82, 2.24) is 19.7 Å². The number of rotatable bonds is 5. The number of aromatic nitrogens is 1. The van der Waals surface area contributed by atoms with Gasteiger partial charge in [0.15, 0.2) is 5.76 Å². The number of hydrogen-bond acceptors (Lipinski definition) is 7. The minimum atomic E-state index is -3.73. The van der Waals surface area contributed by atoms with Crippen LogP contribution in [-0.4, -0.2) is 60.8 Å². The number of carbonyl (C=O) groups excluding carboxylic acids is 2. The van der Waals surface area contributed by atoms with Crippen LogP contribution in [0.3, 0.4) is 0 Å². The van der Waals surface area contributed by atoms with E-state index >= 15 is 0 Å². The first-order valence-electron chi connectivity index (χ1n) is 9.25. The molecule has 3 heterocycles. The Balaban J connectivity index is 1.68. The summed E-state index contributed by atoms with van der Waals surface area (Å²) in [5.41, 5.74) is 0.338. The third-order valence-electron chi connectivity index (χ3n) is 4.69. The van der Waals surface area contributed by atoms with Crippen molar-refractivity contribution in [3.63, 3.8) is 0 Å². The Bertz CT molecular complexity index is 992. The summed E-state index contributed by atoms with van der Waals surface area (Å²) in [6.45, 7) is 6.33. The van der Waals surface area contributed by atoms with Crippen LogP contribution in [0.15, 0.2) is 21.6 Å². The Morgan fingerprint density at radius 1 is 1.21 bits per heavy atom. The highest BCUT2D eigenvalue weighted by Crippen LogP contribution is 2.25. The van der Waals surface area contributed by atoms with Gasteiger partial charge in [-0.25, -0.2) is 8.42 Å². The van der Waals surface area contributed by atoms with Crippen molar-refractivity contribution in [1.29, 1.82) is 0 Å². The van der Waals surface area contributed by atoms with Gasteiger partial charge in [-0.1, -0.05) is 5.16 Å². The van der Waals surface area contributed by atoms with Crippen LogP contribution in [-0.2, 0) is 21.4 Å². The van der Waals surface area contributed by atoms with Crippen LogP contribution in [0.2, 0.25) is 0 Å². The van der Waals surface area contributed by atoms with Gasteiger partial charge in [0.05, 0.1) is 11.4 Å². The lowest BCUT2D eigenvalue weighted by molar-refractivity contribution is -0.119. The van der Waals surface area contributed by atoms with Gasteiger partial charge < -0.3 is 14.7 Å². The van der Waals surface area contributed by atoms with E-state index in [-0.39, 0.29) is 29.0 Å². The van der Waals surface area contributed by atoms with Crippen molar-refractivity contribution in [2.45, 2.75) is 38.6 Å². The van der Waals surface area contributed by atoms with E-state index in [0.717, 1.165) is 4.88 Å². The fourth-order valence-corrected chi connectivity index (χ4v) is 5.94. The van der Waals surface area contributed by atoms with Crippen LogP contribution in [0.4, 0.5) is 0 Å². The first kappa shape index (κ1) is 21.5. The van der Waals surface area contributed by atoms with Gasteiger partial charge in [-0.2, -0.15) is 4.31 Å². The molecule has 2 aromatic heterocycles. The van der Waals surface area contributed by atoms with Crippen molar-refractivity contribution in [3.8, 4) is 0 Å². The zero-order chi connectivity index (χ0) is 21.2. The second-order valence-corrected chi connectivity index (χ2v) is 9.92.